The first-order valence-electron chi connectivity index (χ1n) is 7.02. The molecule has 4 heteroatoms. The fourth-order valence-electron chi connectivity index (χ4n) is 2.66. The summed E-state index contributed by atoms with van der Waals surface area (Å²) in [7, 11) is 0. The molecule has 108 valence electrons. The number of hydrogen-bond donors (Lipinski definition) is 1. The van der Waals surface area contributed by atoms with Crippen molar-refractivity contribution >= 4 is 33.8 Å². The van der Waals surface area contributed by atoms with Crippen LogP contribution in [0.25, 0.3) is 22.0 Å². The number of nitrogens with one attached hydrogen (secondary N) is 1. The molecule has 1 N–H and O–H groups in total. The second-order valence-electron chi connectivity index (χ2n) is 5.25. The van der Waals surface area contributed by atoms with E-state index in [-0.39, 0.29) is 0 Å². The van der Waals surface area contributed by atoms with Crippen LogP contribution in [-0.2, 0) is 6.42 Å². The first-order chi connectivity index (χ1) is 10.8. The molecule has 0 fully saturated rings. The molecule has 0 saturated heterocycles. The van der Waals surface area contributed by atoms with Gasteiger partial charge < -0.3 is 4.98 Å². The van der Waals surface area contributed by atoms with Crippen molar-refractivity contribution in [2.75, 3.05) is 0 Å². The van der Waals surface area contributed by atoms with Crippen LogP contribution in [0.2, 0.25) is 5.15 Å². The maximum Gasteiger partial charge on any atom is 0.129 e. The van der Waals surface area contributed by atoms with Crippen LogP contribution in [0, 0.1) is 0 Å². The van der Waals surface area contributed by atoms with Gasteiger partial charge in [0.25, 0.3) is 0 Å². The third-order valence-electron chi connectivity index (χ3n) is 3.81. The number of hydrogen-bond acceptors (Lipinski definition) is 2. The van der Waals surface area contributed by atoms with E-state index in [2.05, 4.69) is 51.2 Å². The van der Waals surface area contributed by atoms with Gasteiger partial charge in [-0.3, -0.25) is 0 Å². The van der Waals surface area contributed by atoms with Gasteiger partial charge in [-0.05, 0) is 57.3 Å². The van der Waals surface area contributed by atoms with E-state index in [1.807, 2.05) is 18.3 Å². The average molecular weight is 325 g/mol. The van der Waals surface area contributed by atoms with Gasteiger partial charge in [-0.15, -0.1) is 0 Å². The van der Waals surface area contributed by atoms with Crippen molar-refractivity contribution in [1.29, 1.82) is 0 Å². The van der Waals surface area contributed by atoms with Crippen LogP contribution in [0.1, 0.15) is 11.1 Å². The highest BCUT2D eigenvalue weighted by Gasteiger charge is 2.07. The lowest BCUT2D eigenvalue weighted by Crippen LogP contribution is -1.88. The Morgan fingerprint density at radius 1 is 1.09 bits per heavy atom. The van der Waals surface area contributed by atoms with Gasteiger partial charge in [-0.2, -0.15) is 11.3 Å². The highest BCUT2D eigenvalue weighted by Crippen LogP contribution is 2.28. The Hall–Kier alpha value is -2.10. The molecule has 2 nitrogen and oxygen atoms in total. The molecule has 0 aliphatic heterocycles. The number of pyridine rings is 1. The molecule has 0 aliphatic carbocycles. The van der Waals surface area contributed by atoms with Gasteiger partial charge in [0.1, 0.15) is 5.15 Å². The number of fused-ring (bicyclic) bond motifs is 1. The molecule has 0 aliphatic rings. The molecule has 0 amide bonds. The van der Waals surface area contributed by atoms with E-state index in [0.717, 1.165) is 17.5 Å². The molecule has 0 atom stereocenters. The highest BCUT2D eigenvalue weighted by atomic mass is 35.5. The molecular weight excluding hydrogens is 312 g/mol. The number of rotatable bonds is 3. The largest absolute Gasteiger partial charge is 0.361 e. The fraction of sp³-hybridized carbons (Fsp3) is 0.0556. The van der Waals surface area contributed by atoms with Crippen molar-refractivity contribution in [1.82, 2.24) is 9.97 Å². The molecule has 3 heterocycles. The molecule has 22 heavy (non-hydrogen) atoms. The van der Waals surface area contributed by atoms with Crippen molar-refractivity contribution in [3.63, 3.8) is 0 Å². The van der Waals surface area contributed by atoms with Gasteiger partial charge in [0.05, 0.1) is 0 Å². The monoisotopic (exact) mass is 324 g/mol. The number of thiophene rings is 1. The number of benzene rings is 1. The first kappa shape index (κ1) is 13.6. The quantitative estimate of drug-likeness (QED) is 0.493. The zero-order valence-corrected chi connectivity index (χ0v) is 13.3. The summed E-state index contributed by atoms with van der Waals surface area (Å²) in [5.74, 6) is 0. The van der Waals surface area contributed by atoms with E-state index in [9.17, 15) is 0 Å². The van der Waals surface area contributed by atoms with Crippen molar-refractivity contribution in [3.05, 3.63) is 75.8 Å². The summed E-state index contributed by atoms with van der Waals surface area (Å²) in [5, 5.41) is 6.08. The molecule has 3 aromatic heterocycles. The molecule has 0 bridgehead atoms. The van der Waals surface area contributed by atoms with Gasteiger partial charge in [-0.25, -0.2) is 4.98 Å². The minimum absolute atomic E-state index is 0.530. The van der Waals surface area contributed by atoms with Crippen molar-refractivity contribution < 1.29 is 0 Å². The van der Waals surface area contributed by atoms with Crippen LogP contribution in [0.4, 0.5) is 0 Å². The lowest BCUT2D eigenvalue weighted by molar-refractivity contribution is 1.15. The summed E-state index contributed by atoms with van der Waals surface area (Å²) < 4.78 is 0. The maximum absolute atomic E-state index is 5.85. The van der Waals surface area contributed by atoms with Gasteiger partial charge in [0, 0.05) is 29.7 Å². The van der Waals surface area contributed by atoms with E-state index < -0.39 is 0 Å². The number of H-pyrrole nitrogens is 1. The van der Waals surface area contributed by atoms with Crippen LogP contribution in [0.15, 0.2) is 59.6 Å². The summed E-state index contributed by atoms with van der Waals surface area (Å²) in [6, 6.07) is 12.6. The Morgan fingerprint density at radius 2 is 2.05 bits per heavy atom. The second kappa shape index (κ2) is 5.59. The Balaban J connectivity index is 1.74. The minimum Gasteiger partial charge on any atom is -0.361 e. The lowest BCUT2D eigenvalue weighted by atomic mass is 10.0. The van der Waals surface area contributed by atoms with Gasteiger partial charge in [-0.1, -0.05) is 23.7 Å². The summed E-state index contributed by atoms with van der Waals surface area (Å²) in [5.41, 5.74) is 6.12. The normalized spacial score (nSPS) is 11.1. The third-order valence-corrected chi connectivity index (χ3v) is 4.71. The SMILES string of the molecule is Clc1ccc(Cc2c[nH]c3ccc(-c4ccsc4)cc23)cn1. The zero-order chi connectivity index (χ0) is 14.9. The zero-order valence-electron chi connectivity index (χ0n) is 11.7. The molecular formula is C18H13ClN2S. The fourth-order valence-corrected chi connectivity index (χ4v) is 3.44. The van der Waals surface area contributed by atoms with Crippen molar-refractivity contribution in [2.24, 2.45) is 0 Å². The topological polar surface area (TPSA) is 28.7 Å². The highest BCUT2D eigenvalue weighted by molar-refractivity contribution is 7.08. The third kappa shape index (κ3) is 2.54. The number of aromatic nitrogens is 2. The molecule has 0 radical (unpaired) electrons. The molecule has 0 unspecified atom stereocenters. The van der Waals surface area contributed by atoms with Gasteiger partial charge in [0.2, 0.25) is 0 Å². The summed E-state index contributed by atoms with van der Waals surface area (Å²) >= 11 is 7.57. The minimum atomic E-state index is 0.530. The summed E-state index contributed by atoms with van der Waals surface area (Å²) in [6.45, 7) is 0. The number of aromatic amines is 1. The van der Waals surface area contributed by atoms with E-state index in [0.29, 0.717) is 5.15 Å². The van der Waals surface area contributed by atoms with E-state index in [1.54, 1.807) is 11.3 Å². The van der Waals surface area contributed by atoms with E-state index in [1.165, 1.54) is 22.1 Å². The molecule has 4 aromatic rings. The Labute approximate surface area is 137 Å². The standard InChI is InChI=1S/C18H13ClN2S/c19-18-4-1-12(9-21-18)7-15-10-20-17-3-2-13(8-16(15)17)14-5-6-22-11-14/h1-6,8-11,20H,7H2. The van der Waals surface area contributed by atoms with E-state index in [4.69, 9.17) is 11.6 Å². The molecule has 0 spiro atoms. The second-order valence-corrected chi connectivity index (χ2v) is 6.42. The lowest BCUT2D eigenvalue weighted by Gasteiger charge is -2.02. The van der Waals surface area contributed by atoms with Crippen LogP contribution in [0.5, 0.6) is 0 Å². The Bertz CT molecular complexity index is 908. The number of halogens is 1. The molecule has 4 rings (SSSR count). The van der Waals surface area contributed by atoms with Crippen molar-refractivity contribution in [2.45, 2.75) is 6.42 Å². The number of nitrogens with zero attached hydrogens (tertiary/aromatic N) is 1. The average Bonchev–Trinajstić information content (AvgIpc) is 3.19. The Kier molecular flexibility index (Phi) is 3.45. The summed E-state index contributed by atoms with van der Waals surface area (Å²) in [6.07, 6.45) is 4.76. The van der Waals surface area contributed by atoms with E-state index >= 15 is 0 Å². The summed E-state index contributed by atoms with van der Waals surface area (Å²) in [4.78, 5) is 7.50. The predicted octanol–water partition coefficient (Wildman–Crippen LogP) is 5.54. The first-order valence-corrected chi connectivity index (χ1v) is 8.35. The van der Waals surface area contributed by atoms with Crippen LogP contribution in [0.3, 0.4) is 0 Å². The van der Waals surface area contributed by atoms with Crippen molar-refractivity contribution in [3.8, 4) is 11.1 Å². The van der Waals surface area contributed by atoms with Gasteiger partial charge >= 0.3 is 0 Å². The van der Waals surface area contributed by atoms with Gasteiger partial charge in [0.15, 0.2) is 0 Å². The molecule has 1 aromatic carbocycles. The maximum atomic E-state index is 5.85. The van der Waals surface area contributed by atoms with Crippen LogP contribution in [-0.4, -0.2) is 9.97 Å². The predicted molar refractivity (Wildman–Crippen MR) is 93.7 cm³/mol. The smallest absolute Gasteiger partial charge is 0.129 e. The molecule has 0 saturated carbocycles. The van der Waals surface area contributed by atoms with Crippen LogP contribution >= 0.6 is 22.9 Å². The van der Waals surface area contributed by atoms with Crippen LogP contribution < -0.4 is 0 Å². The Morgan fingerprint density at radius 3 is 2.82 bits per heavy atom.